The maximum Gasteiger partial charge on any atom is 0.586 e. The second-order valence-electron chi connectivity index (χ2n) is 10.9. The number of carboxylic acids is 1. The predicted molar refractivity (Wildman–Crippen MR) is 131 cm³/mol. The van der Waals surface area contributed by atoms with Crippen LogP contribution < -0.4 is 29.0 Å². The number of ether oxygens (including phenoxy) is 5. The Hall–Kier alpha value is -3.76. The SMILES string of the molecule is COc1ccc2c(c1)O[C@@H](C1CCC(C(=O)O)CC1)C[C@H]2NC(=O)[C@@]1(C)COc2cc3c(cc21)OC(F)(F)O3. The number of rotatable bonds is 5. The van der Waals surface area contributed by atoms with E-state index in [1.807, 2.05) is 6.07 Å². The van der Waals surface area contributed by atoms with Crippen molar-refractivity contribution >= 4 is 11.9 Å². The molecule has 0 aromatic heterocycles. The number of nitrogens with one attached hydrogen (secondary N) is 1. The number of halogens is 2. The summed E-state index contributed by atoms with van der Waals surface area (Å²) in [4.78, 5) is 25.2. The molecule has 1 amide bonds. The summed E-state index contributed by atoms with van der Waals surface area (Å²) in [6.07, 6.45) is -0.879. The number of carboxylic acid groups (broad SMARTS) is 1. The van der Waals surface area contributed by atoms with Gasteiger partial charge in [0, 0.05) is 29.7 Å². The second-order valence-corrected chi connectivity index (χ2v) is 10.9. The number of methoxy groups -OCH3 is 1. The van der Waals surface area contributed by atoms with Crippen molar-refractivity contribution in [3.8, 4) is 28.7 Å². The number of hydrogen-bond acceptors (Lipinski definition) is 7. The van der Waals surface area contributed by atoms with Crippen LogP contribution in [0.2, 0.25) is 0 Å². The lowest BCUT2D eigenvalue weighted by Crippen LogP contribution is -2.47. The van der Waals surface area contributed by atoms with Gasteiger partial charge in [0.25, 0.3) is 0 Å². The summed E-state index contributed by atoms with van der Waals surface area (Å²) < 4.78 is 53.9. The minimum absolute atomic E-state index is 0.0226. The molecular formula is C28H29F2NO8. The summed E-state index contributed by atoms with van der Waals surface area (Å²) in [6.45, 7) is 1.72. The molecule has 6 rings (SSSR count). The lowest BCUT2D eigenvalue weighted by atomic mass is 9.76. The maximum atomic E-state index is 13.8. The van der Waals surface area contributed by atoms with Gasteiger partial charge in [0.15, 0.2) is 11.5 Å². The molecule has 0 radical (unpaired) electrons. The first kappa shape index (κ1) is 25.5. The summed E-state index contributed by atoms with van der Waals surface area (Å²) in [5.74, 6) is -0.0662. The van der Waals surface area contributed by atoms with Crippen LogP contribution in [0.4, 0.5) is 8.78 Å². The van der Waals surface area contributed by atoms with Gasteiger partial charge >= 0.3 is 12.3 Å². The van der Waals surface area contributed by atoms with Crippen molar-refractivity contribution in [2.75, 3.05) is 13.7 Å². The highest BCUT2D eigenvalue weighted by atomic mass is 19.3. The van der Waals surface area contributed by atoms with E-state index in [-0.39, 0.29) is 47.7 Å². The zero-order chi connectivity index (χ0) is 27.5. The molecule has 1 aliphatic carbocycles. The van der Waals surface area contributed by atoms with Crippen molar-refractivity contribution in [1.29, 1.82) is 0 Å². The molecule has 0 spiro atoms. The van der Waals surface area contributed by atoms with E-state index in [0.29, 0.717) is 36.3 Å². The standard InChI is InChI=1S/C28H29F2NO8/c1-27(13-36-22-12-24-23(10-18(22)27)38-28(29,30)39-24)26(34)31-19-11-20(14-3-5-15(6-4-14)25(32)33)37-21-9-16(35-2)7-8-17(19)21/h7-10,12,14-15,19-20H,3-6,11,13H2,1-2H3,(H,31,34)(H,32,33)/t14?,15?,19-,20-,27+/m1/s1. The van der Waals surface area contributed by atoms with Crippen LogP contribution in [0.15, 0.2) is 30.3 Å². The van der Waals surface area contributed by atoms with Gasteiger partial charge in [0.2, 0.25) is 5.91 Å². The molecule has 3 aliphatic heterocycles. The number of fused-ring (bicyclic) bond motifs is 3. The van der Waals surface area contributed by atoms with Crippen molar-refractivity contribution in [1.82, 2.24) is 5.32 Å². The fraction of sp³-hybridized carbons (Fsp3) is 0.500. The van der Waals surface area contributed by atoms with Gasteiger partial charge in [0.1, 0.15) is 35.4 Å². The van der Waals surface area contributed by atoms with Crippen molar-refractivity contribution < 1.29 is 47.2 Å². The van der Waals surface area contributed by atoms with E-state index < -0.39 is 23.7 Å². The number of carbonyl (C=O) groups excluding carboxylic acids is 1. The summed E-state index contributed by atoms with van der Waals surface area (Å²) in [5, 5.41) is 12.5. The van der Waals surface area contributed by atoms with Crippen LogP contribution in [0.1, 0.15) is 56.2 Å². The Bertz CT molecular complexity index is 1320. The average molecular weight is 546 g/mol. The van der Waals surface area contributed by atoms with Crippen LogP contribution in [-0.2, 0) is 15.0 Å². The smallest absolute Gasteiger partial charge is 0.497 e. The molecule has 3 atom stereocenters. The normalized spacial score (nSPS) is 29.8. The van der Waals surface area contributed by atoms with Crippen molar-refractivity contribution in [3.63, 3.8) is 0 Å². The Kier molecular flexibility index (Phi) is 6.00. The first-order valence-corrected chi connectivity index (χ1v) is 13.0. The Morgan fingerprint density at radius 1 is 1.03 bits per heavy atom. The van der Waals surface area contributed by atoms with Crippen LogP contribution in [-0.4, -0.2) is 43.1 Å². The Labute approximate surface area is 223 Å². The van der Waals surface area contributed by atoms with E-state index in [9.17, 15) is 23.5 Å². The van der Waals surface area contributed by atoms with Crippen molar-refractivity contribution in [3.05, 3.63) is 41.5 Å². The molecule has 2 N–H and O–H groups in total. The maximum absolute atomic E-state index is 13.8. The van der Waals surface area contributed by atoms with Gasteiger partial charge in [-0.25, -0.2) is 0 Å². The Morgan fingerprint density at radius 3 is 2.44 bits per heavy atom. The number of carbonyl (C=O) groups is 2. The van der Waals surface area contributed by atoms with Gasteiger partial charge in [-0.15, -0.1) is 8.78 Å². The summed E-state index contributed by atoms with van der Waals surface area (Å²) >= 11 is 0. The summed E-state index contributed by atoms with van der Waals surface area (Å²) in [5.41, 5.74) is 0.0734. The van der Waals surface area contributed by atoms with Gasteiger partial charge in [-0.05, 0) is 56.7 Å². The molecule has 4 aliphatic rings. The van der Waals surface area contributed by atoms with Crippen molar-refractivity contribution in [2.24, 2.45) is 11.8 Å². The van der Waals surface area contributed by atoms with Crippen LogP contribution in [0.3, 0.4) is 0 Å². The number of alkyl halides is 2. The Morgan fingerprint density at radius 2 is 1.74 bits per heavy atom. The van der Waals surface area contributed by atoms with Gasteiger partial charge in [-0.2, -0.15) is 0 Å². The van der Waals surface area contributed by atoms with E-state index in [1.54, 1.807) is 26.2 Å². The van der Waals surface area contributed by atoms with E-state index in [1.165, 1.54) is 12.1 Å². The molecule has 9 nitrogen and oxygen atoms in total. The molecule has 2 aromatic carbocycles. The molecule has 11 heteroatoms. The summed E-state index contributed by atoms with van der Waals surface area (Å²) in [6, 6.07) is 7.76. The first-order chi connectivity index (χ1) is 18.6. The van der Waals surface area contributed by atoms with Crippen LogP contribution in [0, 0.1) is 11.8 Å². The van der Waals surface area contributed by atoms with E-state index in [4.69, 9.17) is 14.2 Å². The molecule has 3 heterocycles. The van der Waals surface area contributed by atoms with Crippen LogP contribution >= 0.6 is 0 Å². The zero-order valence-electron chi connectivity index (χ0n) is 21.5. The zero-order valence-corrected chi connectivity index (χ0v) is 21.5. The van der Waals surface area contributed by atoms with Crippen LogP contribution in [0.25, 0.3) is 0 Å². The molecule has 2 aromatic rings. The van der Waals surface area contributed by atoms with Crippen LogP contribution in [0.5, 0.6) is 28.7 Å². The number of aliphatic carboxylic acids is 1. The molecule has 1 fully saturated rings. The summed E-state index contributed by atoms with van der Waals surface area (Å²) in [7, 11) is 1.56. The fourth-order valence-corrected chi connectivity index (χ4v) is 6.10. The highest BCUT2D eigenvalue weighted by molar-refractivity contribution is 5.90. The lowest BCUT2D eigenvalue weighted by Gasteiger charge is -2.39. The highest BCUT2D eigenvalue weighted by Gasteiger charge is 2.49. The Balaban J connectivity index is 1.25. The highest BCUT2D eigenvalue weighted by Crippen LogP contribution is 2.50. The molecular weight excluding hydrogens is 516 g/mol. The van der Waals surface area contributed by atoms with Gasteiger partial charge in [-0.3, -0.25) is 9.59 Å². The van der Waals surface area contributed by atoms with E-state index >= 15 is 0 Å². The molecule has 208 valence electrons. The third-order valence-corrected chi connectivity index (χ3v) is 8.41. The van der Waals surface area contributed by atoms with E-state index in [2.05, 4.69) is 14.8 Å². The first-order valence-electron chi connectivity index (χ1n) is 13.0. The van der Waals surface area contributed by atoms with Gasteiger partial charge in [0.05, 0.1) is 19.1 Å². The molecule has 0 unspecified atom stereocenters. The lowest BCUT2D eigenvalue weighted by molar-refractivity contribution is -0.286. The molecule has 0 saturated heterocycles. The molecule has 1 saturated carbocycles. The second kappa shape index (κ2) is 9.17. The van der Waals surface area contributed by atoms with Gasteiger partial charge < -0.3 is 34.1 Å². The minimum Gasteiger partial charge on any atom is -0.497 e. The van der Waals surface area contributed by atoms with E-state index in [0.717, 1.165) is 18.4 Å². The predicted octanol–water partition coefficient (Wildman–Crippen LogP) is 4.57. The van der Waals surface area contributed by atoms with Crippen molar-refractivity contribution in [2.45, 2.75) is 62.9 Å². The number of hydrogen-bond donors (Lipinski definition) is 2. The fourth-order valence-electron chi connectivity index (χ4n) is 6.10. The third kappa shape index (κ3) is 4.47. The third-order valence-electron chi connectivity index (χ3n) is 8.41. The topological polar surface area (TPSA) is 113 Å². The number of amides is 1. The average Bonchev–Trinajstić information content (AvgIpc) is 3.41. The minimum atomic E-state index is -3.78. The van der Waals surface area contributed by atoms with Gasteiger partial charge in [-0.1, -0.05) is 0 Å². The molecule has 0 bridgehead atoms. The monoisotopic (exact) mass is 545 g/mol. The number of benzene rings is 2. The largest absolute Gasteiger partial charge is 0.586 e. The molecule has 39 heavy (non-hydrogen) atoms. The quantitative estimate of drug-likeness (QED) is 0.562.